The van der Waals surface area contributed by atoms with Gasteiger partial charge in [-0.25, -0.2) is 0 Å². The first-order valence-corrected chi connectivity index (χ1v) is 6.76. The third-order valence-electron chi connectivity index (χ3n) is 3.35. The second-order valence-corrected chi connectivity index (χ2v) is 4.81. The predicted octanol–water partition coefficient (Wildman–Crippen LogP) is 3.11. The molecule has 0 atom stereocenters. The van der Waals surface area contributed by atoms with Gasteiger partial charge in [0.2, 0.25) is 0 Å². The van der Waals surface area contributed by atoms with Gasteiger partial charge in [0.05, 0.1) is 6.26 Å². The summed E-state index contributed by atoms with van der Waals surface area (Å²) in [5.74, 6) is 0.115. The number of hydrogen-bond acceptors (Lipinski definition) is 3. The number of phenolic OH excluding ortho intramolecular Hbond substituents is 1. The van der Waals surface area contributed by atoms with Gasteiger partial charge in [0.1, 0.15) is 11.3 Å². The van der Waals surface area contributed by atoms with E-state index in [0.717, 1.165) is 16.5 Å². The van der Waals surface area contributed by atoms with Gasteiger partial charge >= 0.3 is 0 Å². The molecule has 1 heterocycles. The van der Waals surface area contributed by atoms with Crippen molar-refractivity contribution in [1.29, 1.82) is 0 Å². The molecule has 0 spiro atoms. The molecule has 0 saturated heterocycles. The van der Waals surface area contributed by atoms with Crippen LogP contribution in [0.25, 0.3) is 11.0 Å². The molecule has 2 aromatic carbocycles. The summed E-state index contributed by atoms with van der Waals surface area (Å²) in [5, 5.41) is 13.3. The van der Waals surface area contributed by atoms with Crippen LogP contribution < -0.4 is 5.32 Å². The maximum atomic E-state index is 11.9. The Balaban J connectivity index is 1.65. The summed E-state index contributed by atoms with van der Waals surface area (Å²) in [6.45, 7) is 0.512. The lowest BCUT2D eigenvalue weighted by Gasteiger charge is -2.04. The third-order valence-corrected chi connectivity index (χ3v) is 3.35. The van der Waals surface area contributed by atoms with Gasteiger partial charge in [-0.2, -0.15) is 0 Å². The lowest BCUT2D eigenvalue weighted by Crippen LogP contribution is -2.25. The summed E-state index contributed by atoms with van der Waals surface area (Å²) in [6.07, 6.45) is 2.31. The lowest BCUT2D eigenvalue weighted by atomic mass is 10.1. The van der Waals surface area contributed by atoms with Crippen LogP contribution in [0.15, 0.2) is 59.2 Å². The Morgan fingerprint density at radius 3 is 2.76 bits per heavy atom. The highest BCUT2D eigenvalue weighted by atomic mass is 16.3. The number of phenols is 1. The minimum atomic E-state index is -0.0914. The first kappa shape index (κ1) is 13.2. The number of nitrogens with one attached hydrogen (secondary N) is 1. The summed E-state index contributed by atoms with van der Waals surface area (Å²) in [4.78, 5) is 11.9. The van der Waals surface area contributed by atoms with Crippen molar-refractivity contribution >= 4 is 16.9 Å². The Labute approximate surface area is 122 Å². The summed E-state index contributed by atoms with van der Waals surface area (Å²) in [7, 11) is 0. The molecule has 3 rings (SSSR count). The Hall–Kier alpha value is -2.75. The van der Waals surface area contributed by atoms with Crippen LogP contribution in [-0.2, 0) is 6.42 Å². The molecule has 106 valence electrons. The van der Waals surface area contributed by atoms with Crippen LogP contribution in [0.3, 0.4) is 0 Å². The highest BCUT2D eigenvalue weighted by Gasteiger charge is 2.08. The van der Waals surface area contributed by atoms with Crippen LogP contribution in [0, 0.1) is 0 Å². The zero-order valence-corrected chi connectivity index (χ0v) is 11.4. The zero-order valence-electron chi connectivity index (χ0n) is 11.4. The van der Waals surface area contributed by atoms with Crippen molar-refractivity contribution < 1.29 is 14.3 Å². The maximum Gasteiger partial charge on any atom is 0.251 e. The number of rotatable bonds is 4. The van der Waals surface area contributed by atoms with Crippen LogP contribution in [-0.4, -0.2) is 17.6 Å². The first-order valence-electron chi connectivity index (χ1n) is 6.76. The van der Waals surface area contributed by atoms with Gasteiger partial charge in [-0.05, 0) is 36.8 Å². The third kappa shape index (κ3) is 2.89. The van der Waals surface area contributed by atoms with E-state index in [1.54, 1.807) is 36.6 Å². The van der Waals surface area contributed by atoms with Crippen molar-refractivity contribution in [3.05, 3.63) is 65.9 Å². The summed E-state index contributed by atoms with van der Waals surface area (Å²) >= 11 is 0. The van der Waals surface area contributed by atoms with E-state index in [-0.39, 0.29) is 11.7 Å². The summed E-state index contributed by atoms with van der Waals surface area (Å²) in [6, 6.07) is 14.1. The molecule has 0 radical (unpaired) electrons. The number of benzene rings is 2. The molecule has 3 aromatic rings. The molecule has 21 heavy (non-hydrogen) atoms. The minimum Gasteiger partial charge on any atom is -0.508 e. The molecule has 1 aromatic heterocycles. The largest absolute Gasteiger partial charge is 0.508 e. The molecule has 0 aliphatic rings. The Kier molecular flexibility index (Phi) is 3.60. The van der Waals surface area contributed by atoms with Crippen molar-refractivity contribution in [1.82, 2.24) is 5.32 Å². The number of carbonyl (C=O) groups is 1. The number of amides is 1. The normalized spacial score (nSPS) is 10.7. The second kappa shape index (κ2) is 5.71. The van der Waals surface area contributed by atoms with Gasteiger partial charge in [0, 0.05) is 23.1 Å². The number of hydrogen-bond donors (Lipinski definition) is 2. The quantitative estimate of drug-likeness (QED) is 0.772. The summed E-state index contributed by atoms with van der Waals surface area (Å²) < 4.78 is 5.42. The van der Waals surface area contributed by atoms with E-state index in [1.165, 1.54) is 0 Å². The van der Waals surface area contributed by atoms with Crippen molar-refractivity contribution in [3.63, 3.8) is 0 Å². The van der Waals surface area contributed by atoms with Crippen molar-refractivity contribution in [2.24, 2.45) is 0 Å². The number of furan rings is 1. The molecule has 0 fully saturated rings. The number of fused-ring (bicyclic) bond motifs is 1. The predicted molar refractivity (Wildman–Crippen MR) is 80.4 cm³/mol. The average Bonchev–Trinajstić information content (AvgIpc) is 2.90. The molecule has 0 bridgehead atoms. The Morgan fingerprint density at radius 1 is 1.14 bits per heavy atom. The van der Waals surface area contributed by atoms with E-state index in [9.17, 15) is 9.90 Å². The van der Waals surface area contributed by atoms with Crippen molar-refractivity contribution in [2.75, 3.05) is 6.54 Å². The molecular formula is C17H15NO3. The van der Waals surface area contributed by atoms with Crippen LogP contribution in [0.5, 0.6) is 5.75 Å². The van der Waals surface area contributed by atoms with Crippen LogP contribution in [0.1, 0.15) is 15.9 Å². The smallest absolute Gasteiger partial charge is 0.251 e. The monoisotopic (exact) mass is 281 g/mol. The number of carbonyl (C=O) groups excluding carboxylic acids is 1. The highest BCUT2D eigenvalue weighted by molar-refractivity contribution is 5.94. The van der Waals surface area contributed by atoms with E-state index in [2.05, 4.69) is 5.32 Å². The molecular weight excluding hydrogens is 266 g/mol. The van der Waals surface area contributed by atoms with E-state index in [1.807, 2.05) is 18.2 Å². The van der Waals surface area contributed by atoms with Gasteiger partial charge in [-0.1, -0.05) is 18.2 Å². The lowest BCUT2D eigenvalue weighted by molar-refractivity contribution is 0.0954. The fourth-order valence-electron chi connectivity index (χ4n) is 2.27. The Bertz CT molecular complexity index is 762. The minimum absolute atomic E-state index is 0.0914. The summed E-state index contributed by atoms with van der Waals surface area (Å²) in [5.41, 5.74) is 2.35. The molecule has 0 aliphatic heterocycles. The van der Waals surface area contributed by atoms with E-state index in [4.69, 9.17) is 4.42 Å². The molecule has 0 unspecified atom stereocenters. The van der Waals surface area contributed by atoms with E-state index < -0.39 is 0 Å². The SMILES string of the molecule is O=C(NCCc1coc2ccc(O)cc12)c1ccccc1. The molecule has 0 saturated carbocycles. The van der Waals surface area contributed by atoms with Gasteiger partial charge in [0.25, 0.3) is 5.91 Å². The van der Waals surface area contributed by atoms with Gasteiger partial charge in [0.15, 0.2) is 0 Å². The molecule has 2 N–H and O–H groups in total. The van der Waals surface area contributed by atoms with E-state index >= 15 is 0 Å². The van der Waals surface area contributed by atoms with Gasteiger partial charge < -0.3 is 14.8 Å². The molecule has 0 aliphatic carbocycles. The average molecular weight is 281 g/mol. The standard InChI is InChI=1S/C17H15NO3/c19-14-6-7-16-15(10-14)13(11-21-16)8-9-18-17(20)12-4-2-1-3-5-12/h1-7,10-11,19H,8-9H2,(H,18,20). The molecule has 4 heteroatoms. The molecule has 4 nitrogen and oxygen atoms in total. The van der Waals surface area contributed by atoms with Crippen LogP contribution in [0.2, 0.25) is 0 Å². The Morgan fingerprint density at radius 2 is 1.95 bits per heavy atom. The van der Waals surface area contributed by atoms with Crippen molar-refractivity contribution in [3.8, 4) is 5.75 Å². The fraction of sp³-hybridized carbons (Fsp3) is 0.118. The fourth-order valence-corrected chi connectivity index (χ4v) is 2.27. The van der Waals surface area contributed by atoms with Crippen LogP contribution in [0.4, 0.5) is 0 Å². The zero-order chi connectivity index (χ0) is 14.7. The van der Waals surface area contributed by atoms with Crippen LogP contribution >= 0.6 is 0 Å². The van der Waals surface area contributed by atoms with Crippen molar-refractivity contribution in [2.45, 2.75) is 6.42 Å². The van der Waals surface area contributed by atoms with E-state index in [0.29, 0.717) is 18.5 Å². The maximum absolute atomic E-state index is 11.9. The highest BCUT2D eigenvalue weighted by Crippen LogP contribution is 2.25. The second-order valence-electron chi connectivity index (χ2n) is 4.81. The van der Waals surface area contributed by atoms with Gasteiger partial charge in [-0.15, -0.1) is 0 Å². The first-order chi connectivity index (χ1) is 10.2. The topological polar surface area (TPSA) is 62.5 Å². The number of aromatic hydroxyl groups is 1. The van der Waals surface area contributed by atoms with Gasteiger partial charge in [-0.3, -0.25) is 4.79 Å². The molecule has 1 amide bonds.